The third-order valence-corrected chi connectivity index (χ3v) is 5.42. The highest BCUT2D eigenvalue weighted by atomic mass is 79.9. The number of amides is 1. The number of nitriles is 1. The average molecular weight is 543 g/mol. The Labute approximate surface area is 208 Å². The fraction of sp³-hybridized carbons (Fsp3) is 0.0833. The zero-order chi connectivity index (χ0) is 24.7. The summed E-state index contributed by atoms with van der Waals surface area (Å²) in [4.78, 5) is 22.8. The van der Waals surface area contributed by atoms with Crippen molar-refractivity contribution in [3.05, 3.63) is 97.0 Å². The topological polar surface area (TPSA) is 114 Å². The molecule has 1 N–H and O–H groups in total. The zero-order valence-electron chi connectivity index (χ0n) is 17.7. The number of halogens is 2. The van der Waals surface area contributed by atoms with Crippen LogP contribution in [-0.4, -0.2) is 17.9 Å². The Bertz CT molecular complexity index is 1300. The molecule has 10 heteroatoms. The third kappa shape index (κ3) is 6.34. The Hall–Kier alpha value is -3.87. The summed E-state index contributed by atoms with van der Waals surface area (Å²) >= 11 is 9.40. The lowest BCUT2D eigenvalue weighted by molar-refractivity contribution is -0.384. The molecule has 0 aliphatic carbocycles. The number of carbonyl (C=O) groups excluding carboxylic acids is 1. The van der Waals surface area contributed by atoms with Gasteiger partial charge < -0.3 is 14.8 Å². The van der Waals surface area contributed by atoms with Gasteiger partial charge in [0, 0.05) is 16.6 Å². The number of hydrogen-bond donors (Lipinski definition) is 1. The predicted octanol–water partition coefficient (Wildman–Crippen LogP) is 6.14. The number of hydrogen-bond acceptors (Lipinski definition) is 6. The van der Waals surface area contributed by atoms with E-state index in [2.05, 4.69) is 21.2 Å². The average Bonchev–Trinajstić information content (AvgIpc) is 2.83. The number of nitro benzene ring substituents is 1. The molecule has 0 aromatic heterocycles. The maximum Gasteiger partial charge on any atom is 0.271 e. The van der Waals surface area contributed by atoms with Gasteiger partial charge in [-0.15, -0.1) is 0 Å². The lowest BCUT2D eigenvalue weighted by Gasteiger charge is -2.12. The van der Waals surface area contributed by atoms with E-state index in [9.17, 15) is 20.2 Å². The van der Waals surface area contributed by atoms with E-state index in [-0.39, 0.29) is 22.0 Å². The Balaban J connectivity index is 1.75. The Morgan fingerprint density at radius 2 is 1.91 bits per heavy atom. The van der Waals surface area contributed by atoms with Gasteiger partial charge in [-0.2, -0.15) is 5.26 Å². The van der Waals surface area contributed by atoms with Crippen LogP contribution in [0.15, 0.2) is 70.7 Å². The summed E-state index contributed by atoms with van der Waals surface area (Å²) in [6, 6.07) is 18.2. The number of nitrogens with one attached hydrogen (secondary N) is 1. The molecule has 34 heavy (non-hydrogen) atoms. The molecule has 3 aromatic carbocycles. The van der Waals surface area contributed by atoms with E-state index in [1.54, 1.807) is 18.2 Å². The number of benzene rings is 3. The molecule has 0 atom stereocenters. The van der Waals surface area contributed by atoms with Gasteiger partial charge in [-0.05, 0) is 47.5 Å². The van der Waals surface area contributed by atoms with E-state index in [1.807, 2.05) is 30.3 Å². The molecule has 1 amide bonds. The van der Waals surface area contributed by atoms with Crippen molar-refractivity contribution in [1.82, 2.24) is 0 Å². The summed E-state index contributed by atoms with van der Waals surface area (Å²) in [6.45, 7) is 0.334. The number of rotatable bonds is 8. The molecule has 0 aliphatic rings. The van der Waals surface area contributed by atoms with E-state index >= 15 is 0 Å². The molecule has 0 heterocycles. The molecule has 172 valence electrons. The van der Waals surface area contributed by atoms with Gasteiger partial charge in [0.1, 0.15) is 18.2 Å². The van der Waals surface area contributed by atoms with Gasteiger partial charge in [-0.1, -0.05) is 45.7 Å². The maximum atomic E-state index is 12.6. The number of nitro groups is 1. The second kappa shape index (κ2) is 11.3. The van der Waals surface area contributed by atoms with E-state index in [1.165, 1.54) is 25.3 Å². The number of methoxy groups -OCH3 is 1. The second-order valence-corrected chi connectivity index (χ2v) is 8.19. The van der Waals surface area contributed by atoms with Crippen LogP contribution < -0.4 is 14.8 Å². The molecule has 0 spiro atoms. The molecule has 0 aliphatic heterocycles. The summed E-state index contributed by atoms with van der Waals surface area (Å²) in [7, 11) is 1.49. The van der Waals surface area contributed by atoms with Gasteiger partial charge >= 0.3 is 0 Å². The van der Waals surface area contributed by atoms with Crippen molar-refractivity contribution in [3.8, 4) is 17.6 Å². The number of nitrogens with zero attached hydrogens (tertiary/aromatic N) is 2. The number of ether oxygens (including phenoxy) is 2. The molecule has 0 saturated heterocycles. The van der Waals surface area contributed by atoms with Crippen molar-refractivity contribution in [2.75, 3.05) is 12.4 Å². The molecular weight excluding hydrogens is 526 g/mol. The summed E-state index contributed by atoms with van der Waals surface area (Å²) in [5.74, 6) is 0.220. The van der Waals surface area contributed by atoms with Gasteiger partial charge in [0.05, 0.1) is 22.7 Å². The highest BCUT2D eigenvalue weighted by Crippen LogP contribution is 2.30. The van der Waals surface area contributed by atoms with Crippen LogP contribution in [-0.2, 0) is 11.4 Å². The highest BCUT2D eigenvalue weighted by Gasteiger charge is 2.15. The van der Waals surface area contributed by atoms with Crippen LogP contribution >= 0.6 is 27.5 Å². The van der Waals surface area contributed by atoms with Crippen LogP contribution in [0, 0.1) is 21.4 Å². The van der Waals surface area contributed by atoms with Crippen LogP contribution in [0.5, 0.6) is 11.5 Å². The maximum absolute atomic E-state index is 12.6. The standard InChI is InChI=1S/C24H17BrClN3O5/c1-33-23-11-16(4-9-22(23)34-14-15-2-5-18(25)6-3-15)10-17(13-27)24(30)28-21-8-7-19(29(31)32)12-20(21)26/h2-12H,14H2,1H3,(H,28,30)/b17-10+. The SMILES string of the molecule is COc1cc(/C=C(\C#N)C(=O)Nc2ccc([N+](=O)[O-])cc2Cl)ccc1OCc1ccc(Br)cc1. The summed E-state index contributed by atoms with van der Waals surface area (Å²) < 4.78 is 12.2. The molecule has 8 nitrogen and oxygen atoms in total. The molecule has 3 aromatic rings. The van der Waals surface area contributed by atoms with E-state index in [0.717, 1.165) is 16.1 Å². The van der Waals surface area contributed by atoms with Crippen LogP contribution in [0.25, 0.3) is 6.08 Å². The normalized spacial score (nSPS) is 10.8. The minimum absolute atomic E-state index is 0.0196. The minimum Gasteiger partial charge on any atom is -0.493 e. The molecule has 3 rings (SSSR count). The molecule has 0 unspecified atom stereocenters. The first-order valence-electron chi connectivity index (χ1n) is 9.73. The van der Waals surface area contributed by atoms with Crippen LogP contribution in [0.1, 0.15) is 11.1 Å². The van der Waals surface area contributed by atoms with Gasteiger partial charge in [0.2, 0.25) is 0 Å². The van der Waals surface area contributed by atoms with Crippen molar-refractivity contribution in [3.63, 3.8) is 0 Å². The number of carbonyl (C=O) groups is 1. The van der Waals surface area contributed by atoms with Crippen LogP contribution in [0.3, 0.4) is 0 Å². The van der Waals surface area contributed by atoms with E-state index in [0.29, 0.717) is 23.7 Å². The fourth-order valence-electron chi connectivity index (χ4n) is 2.86. The molecular formula is C24H17BrClN3O5. The van der Waals surface area contributed by atoms with Gasteiger partial charge in [0.15, 0.2) is 11.5 Å². The lowest BCUT2D eigenvalue weighted by atomic mass is 10.1. The van der Waals surface area contributed by atoms with Crippen molar-refractivity contribution in [1.29, 1.82) is 5.26 Å². The van der Waals surface area contributed by atoms with Crippen molar-refractivity contribution < 1.29 is 19.2 Å². The summed E-state index contributed by atoms with van der Waals surface area (Å²) in [5, 5.41) is 22.8. The third-order valence-electron chi connectivity index (χ3n) is 4.58. The van der Waals surface area contributed by atoms with E-state index < -0.39 is 10.8 Å². The highest BCUT2D eigenvalue weighted by molar-refractivity contribution is 9.10. The van der Waals surface area contributed by atoms with Crippen LogP contribution in [0.4, 0.5) is 11.4 Å². The van der Waals surface area contributed by atoms with Crippen molar-refractivity contribution in [2.45, 2.75) is 6.61 Å². The first kappa shape index (κ1) is 24.8. The molecule has 0 fully saturated rings. The first-order valence-corrected chi connectivity index (χ1v) is 10.9. The largest absolute Gasteiger partial charge is 0.493 e. The minimum atomic E-state index is -0.715. The van der Waals surface area contributed by atoms with Gasteiger partial charge in [-0.25, -0.2) is 0 Å². The van der Waals surface area contributed by atoms with Crippen molar-refractivity contribution >= 4 is 50.9 Å². The summed E-state index contributed by atoms with van der Waals surface area (Å²) in [6.07, 6.45) is 1.38. The number of anilines is 1. The Kier molecular flexibility index (Phi) is 8.24. The first-order chi connectivity index (χ1) is 16.3. The Morgan fingerprint density at radius 1 is 1.18 bits per heavy atom. The molecule has 0 bridgehead atoms. The summed E-state index contributed by atoms with van der Waals surface area (Å²) in [5.41, 5.74) is 1.25. The fourth-order valence-corrected chi connectivity index (χ4v) is 3.35. The van der Waals surface area contributed by atoms with Gasteiger partial charge in [0.25, 0.3) is 11.6 Å². The monoisotopic (exact) mass is 541 g/mol. The second-order valence-electron chi connectivity index (χ2n) is 6.87. The molecule has 0 radical (unpaired) electrons. The smallest absolute Gasteiger partial charge is 0.271 e. The number of non-ortho nitro benzene ring substituents is 1. The van der Waals surface area contributed by atoms with E-state index in [4.69, 9.17) is 21.1 Å². The molecule has 0 saturated carbocycles. The zero-order valence-corrected chi connectivity index (χ0v) is 20.1. The Morgan fingerprint density at radius 3 is 2.53 bits per heavy atom. The predicted molar refractivity (Wildman–Crippen MR) is 132 cm³/mol. The lowest BCUT2D eigenvalue weighted by Crippen LogP contribution is -2.13. The van der Waals surface area contributed by atoms with Gasteiger partial charge in [-0.3, -0.25) is 14.9 Å². The van der Waals surface area contributed by atoms with Crippen molar-refractivity contribution in [2.24, 2.45) is 0 Å². The van der Waals surface area contributed by atoms with Crippen LogP contribution in [0.2, 0.25) is 5.02 Å². The quantitative estimate of drug-likeness (QED) is 0.158.